The van der Waals surface area contributed by atoms with Crippen molar-refractivity contribution in [2.45, 2.75) is 32.9 Å². The fourth-order valence-electron chi connectivity index (χ4n) is 4.21. The van der Waals surface area contributed by atoms with Crippen molar-refractivity contribution in [3.63, 3.8) is 0 Å². The maximum Gasteiger partial charge on any atom is 0.255 e. The predicted molar refractivity (Wildman–Crippen MR) is 142 cm³/mol. The molecule has 3 N–H and O–H groups in total. The molecule has 0 bridgehead atoms. The lowest BCUT2D eigenvalue weighted by Crippen LogP contribution is -2.33. The summed E-state index contributed by atoms with van der Waals surface area (Å²) in [6.45, 7) is 4.63. The molecule has 37 heavy (non-hydrogen) atoms. The standard InChI is InChI=1S/C29H30N4O4/c1-19(2)33-18-22(16-26(33)34)28(36)31-23-14-12-21(13-15-23)27(35)32-25-11-7-6-10-24(25)29(37)30-17-20-8-4-3-5-9-20/h3-15,19,22H,16-18H2,1-2H3,(H,30,37)(H,31,36)(H,32,35). The van der Waals surface area contributed by atoms with E-state index in [4.69, 9.17) is 0 Å². The number of rotatable bonds is 8. The van der Waals surface area contributed by atoms with Crippen LogP contribution < -0.4 is 16.0 Å². The van der Waals surface area contributed by atoms with E-state index >= 15 is 0 Å². The molecule has 3 aromatic carbocycles. The van der Waals surface area contributed by atoms with Gasteiger partial charge in [0.05, 0.1) is 17.2 Å². The van der Waals surface area contributed by atoms with Crippen LogP contribution in [0.5, 0.6) is 0 Å². The molecule has 4 amide bonds. The Bertz CT molecular complexity index is 1290. The van der Waals surface area contributed by atoms with Gasteiger partial charge in [-0.05, 0) is 55.8 Å². The van der Waals surface area contributed by atoms with Crippen LogP contribution in [0.3, 0.4) is 0 Å². The first-order valence-corrected chi connectivity index (χ1v) is 12.2. The Morgan fingerprint density at radius 1 is 0.865 bits per heavy atom. The Hall–Kier alpha value is -4.46. The molecule has 8 heteroatoms. The van der Waals surface area contributed by atoms with E-state index in [1.165, 1.54) is 0 Å². The second-order valence-corrected chi connectivity index (χ2v) is 9.28. The number of nitrogens with one attached hydrogen (secondary N) is 3. The first-order chi connectivity index (χ1) is 17.8. The Balaban J connectivity index is 1.36. The zero-order chi connectivity index (χ0) is 26.4. The maximum absolute atomic E-state index is 12.9. The van der Waals surface area contributed by atoms with E-state index in [0.717, 1.165) is 5.56 Å². The van der Waals surface area contributed by atoms with E-state index < -0.39 is 5.92 Å². The molecule has 8 nitrogen and oxygen atoms in total. The van der Waals surface area contributed by atoms with Crippen LogP contribution in [0.2, 0.25) is 0 Å². The monoisotopic (exact) mass is 498 g/mol. The Morgan fingerprint density at radius 3 is 2.22 bits per heavy atom. The van der Waals surface area contributed by atoms with Gasteiger partial charge in [0.1, 0.15) is 0 Å². The summed E-state index contributed by atoms with van der Waals surface area (Å²) in [4.78, 5) is 52.1. The van der Waals surface area contributed by atoms with Crippen molar-refractivity contribution < 1.29 is 19.2 Å². The molecule has 1 aliphatic heterocycles. The van der Waals surface area contributed by atoms with E-state index in [-0.39, 0.29) is 36.1 Å². The molecule has 0 aliphatic carbocycles. The second kappa shape index (κ2) is 11.5. The SMILES string of the molecule is CC(C)N1CC(C(=O)Nc2ccc(C(=O)Nc3ccccc3C(=O)NCc3ccccc3)cc2)CC1=O. The van der Waals surface area contributed by atoms with E-state index in [1.807, 2.05) is 44.2 Å². The summed E-state index contributed by atoms with van der Waals surface area (Å²) in [5.41, 5.74) is 2.65. The number of nitrogens with zero attached hydrogens (tertiary/aromatic N) is 1. The quantitative estimate of drug-likeness (QED) is 0.435. The van der Waals surface area contributed by atoms with Gasteiger partial charge in [-0.3, -0.25) is 19.2 Å². The van der Waals surface area contributed by atoms with Crippen molar-refractivity contribution in [2.24, 2.45) is 5.92 Å². The summed E-state index contributed by atoms with van der Waals surface area (Å²) < 4.78 is 0. The summed E-state index contributed by atoms with van der Waals surface area (Å²) in [7, 11) is 0. The van der Waals surface area contributed by atoms with Crippen molar-refractivity contribution in [3.05, 3.63) is 95.6 Å². The topological polar surface area (TPSA) is 108 Å². The molecule has 1 unspecified atom stereocenters. The van der Waals surface area contributed by atoms with Gasteiger partial charge in [0.15, 0.2) is 0 Å². The normalized spacial score (nSPS) is 14.9. The van der Waals surface area contributed by atoms with Crippen LogP contribution in [-0.4, -0.2) is 41.1 Å². The van der Waals surface area contributed by atoms with Crippen molar-refractivity contribution in [1.82, 2.24) is 10.2 Å². The Morgan fingerprint density at radius 2 is 1.54 bits per heavy atom. The van der Waals surface area contributed by atoms with E-state index in [9.17, 15) is 19.2 Å². The van der Waals surface area contributed by atoms with Gasteiger partial charge in [0, 0.05) is 36.8 Å². The van der Waals surface area contributed by atoms with Crippen LogP contribution in [0.4, 0.5) is 11.4 Å². The zero-order valence-corrected chi connectivity index (χ0v) is 20.9. The summed E-state index contributed by atoms with van der Waals surface area (Å²) in [6.07, 6.45) is 0.197. The molecular weight excluding hydrogens is 468 g/mol. The molecule has 3 aromatic rings. The fraction of sp³-hybridized carbons (Fsp3) is 0.241. The van der Waals surface area contributed by atoms with Crippen LogP contribution in [0.25, 0.3) is 0 Å². The highest BCUT2D eigenvalue weighted by molar-refractivity contribution is 6.09. The minimum atomic E-state index is -0.401. The van der Waals surface area contributed by atoms with Crippen LogP contribution in [0, 0.1) is 5.92 Å². The molecule has 1 saturated heterocycles. The number of hydrogen-bond donors (Lipinski definition) is 3. The number of amides is 4. The lowest BCUT2D eigenvalue weighted by Gasteiger charge is -2.20. The van der Waals surface area contributed by atoms with Gasteiger partial charge in [-0.25, -0.2) is 0 Å². The van der Waals surface area contributed by atoms with Gasteiger partial charge in [0.2, 0.25) is 11.8 Å². The molecule has 0 saturated carbocycles. The summed E-state index contributed by atoms with van der Waals surface area (Å²) in [5, 5.41) is 8.50. The van der Waals surface area contributed by atoms with Crippen LogP contribution in [0.1, 0.15) is 46.5 Å². The van der Waals surface area contributed by atoms with E-state index in [0.29, 0.717) is 35.6 Å². The number of likely N-dealkylation sites (tertiary alicyclic amines) is 1. The average molecular weight is 499 g/mol. The summed E-state index contributed by atoms with van der Waals surface area (Å²) in [5.74, 6) is -1.31. The predicted octanol–water partition coefficient (Wildman–Crippen LogP) is 4.06. The summed E-state index contributed by atoms with van der Waals surface area (Å²) >= 11 is 0. The van der Waals surface area contributed by atoms with E-state index in [1.54, 1.807) is 53.4 Å². The van der Waals surface area contributed by atoms with Gasteiger partial charge >= 0.3 is 0 Å². The first kappa shape index (κ1) is 25.6. The van der Waals surface area contributed by atoms with Gasteiger partial charge < -0.3 is 20.9 Å². The van der Waals surface area contributed by atoms with Gasteiger partial charge in [-0.1, -0.05) is 42.5 Å². The van der Waals surface area contributed by atoms with Crippen LogP contribution in [0.15, 0.2) is 78.9 Å². The first-order valence-electron chi connectivity index (χ1n) is 12.2. The number of carbonyl (C=O) groups is 4. The van der Waals surface area contributed by atoms with Crippen LogP contribution >= 0.6 is 0 Å². The third-order valence-electron chi connectivity index (χ3n) is 6.28. The fourth-order valence-corrected chi connectivity index (χ4v) is 4.21. The molecule has 1 heterocycles. The van der Waals surface area contributed by atoms with Crippen molar-refractivity contribution in [1.29, 1.82) is 0 Å². The second-order valence-electron chi connectivity index (χ2n) is 9.28. The van der Waals surface area contributed by atoms with Crippen molar-refractivity contribution >= 4 is 35.0 Å². The van der Waals surface area contributed by atoms with Crippen molar-refractivity contribution in [3.8, 4) is 0 Å². The average Bonchev–Trinajstić information content (AvgIpc) is 3.31. The molecule has 4 rings (SSSR count). The molecule has 1 fully saturated rings. The third-order valence-corrected chi connectivity index (χ3v) is 6.28. The van der Waals surface area contributed by atoms with Gasteiger partial charge in [-0.15, -0.1) is 0 Å². The zero-order valence-electron chi connectivity index (χ0n) is 20.9. The lowest BCUT2D eigenvalue weighted by atomic mass is 10.1. The highest BCUT2D eigenvalue weighted by Crippen LogP contribution is 2.22. The Labute approximate surface area is 216 Å². The molecule has 1 aliphatic rings. The molecular formula is C29H30N4O4. The largest absolute Gasteiger partial charge is 0.348 e. The minimum absolute atomic E-state index is 0.0174. The molecule has 190 valence electrons. The number of para-hydroxylation sites is 1. The van der Waals surface area contributed by atoms with E-state index in [2.05, 4.69) is 16.0 Å². The lowest BCUT2D eigenvalue weighted by molar-refractivity contribution is -0.129. The Kier molecular flexibility index (Phi) is 7.98. The molecule has 0 radical (unpaired) electrons. The summed E-state index contributed by atoms with van der Waals surface area (Å²) in [6, 6.07) is 22.9. The number of hydrogen-bond acceptors (Lipinski definition) is 4. The van der Waals surface area contributed by atoms with Gasteiger partial charge in [-0.2, -0.15) is 0 Å². The number of benzene rings is 3. The highest BCUT2D eigenvalue weighted by Gasteiger charge is 2.35. The maximum atomic E-state index is 12.9. The smallest absolute Gasteiger partial charge is 0.255 e. The minimum Gasteiger partial charge on any atom is -0.348 e. The number of anilines is 2. The van der Waals surface area contributed by atoms with Gasteiger partial charge in [0.25, 0.3) is 11.8 Å². The third kappa shape index (κ3) is 6.41. The highest BCUT2D eigenvalue weighted by atomic mass is 16.2. The molecule has 0 aromatic heterocycles. The van der Waals surface area contributed by atoms with Crippen LogP contribution in [-0.2, 0) is 16.1 Å². The molecule has 0 spiro atoms. The molecule has 1 atom stereocenters. The van der Waals surface area contributed by atoms with Crippen molar-refractivity contribution in [2.75, 3.05) is 17.2 Å². The number of carbonyl (C=O) groups excluding carboxylic acids is 4.